The van der Waals surface area contributed by atoms with Crippen LogP contribution >= 0.6 is 0 Å². The van der Waals surface area contributed by atoms with Crippen LogP contribution in [0.25, 0.3) is 21.9 Å². The van der Waals surface area contributed by atoms with E-state index in [-0.39, 0.29) is 17.8 Å². The predicted molar refractivity (Wildman–Crippen MR) is 115 cm³/mol. The van der Waals surface area contributed by atoms with E-state index in [1.54, 1.807) is 4.57 Å². The highest BCUT2D eigenvalue weighted by Gasteiger charge is 2.18. The van der Waals surface area contributed by atoms with Gasteiger partial charge in [0.05, 0.1) is 18.5 Å². The van der Waals surface area contributed by atoms with E-state index in [1.165, 1.54) is 4.57 Å². The van der Waals surface area contributed by atoms with Gasteiger partial charge < -0.3 is 4.98 Å². The second-order valence-corrected chi connectivity index (χ2v) is 7.13. The summed E-state index contributed by atoms with van der Waals surface area (Å²) in [6.45, 7) is 0.626. The van der Waals surface area contributed by atoms with Gasteiger partial charge in [0.1, 0.15) is 5.65 Å². The number of rotatable bonds is 4. The second-order valence-electron chi connectivity index (χ2n) is 7.13. The largest absolute Gasteiger partial charge is 0.340 e. The predicted octanol–water partition coefficient (Wildman–Crippen LogP) is 3.74. The van der Waals surface area contributed by atoms with Crippen LogP contribution in [0, 0.1) is 0 Å². The SMILES string of the molecule is O=c1c2c3ccccc3[nH]c2n(Cc2ccccc2)c(=O)n1Cc1ccccc1. The van der Waals surface area contributed by atoms with Gasteiger partial charge in [-0.2, -0.15) is 0 Å². The van der Waals surface area contributed by atoms with Crippen LogP contribution in [0.1, 0.15) is 11.1 Å². The Bertz CT molecular complexity index is 1430. The molecule has 0 aliphatic carbocycles. The maximum atomic E-state index is 13.4. The number of aromatic amines is 1. The summed E-state index contributed by atoms with van der Waals surface area (Å²) in [5.41, 5.74) is 2.74. The van der Waals surface area contributed by atoms with Crippen LogP contribution in [0.15, 0.2) is 94.5 Å². The Balaban J connectivity index is 1.81. The molecule has 0 unspecified atom stereocenters. The molecule has 0 atom stereocenters. The zero-order chi connectivity index (χ0) is 19.8. The van der Waals surface area contributed by atoms with Crippen molar-refractivity contribution in [2.75, 3.05) is 0 Å². The quantitative estimate of drug-likeness (QED) is 0.516. The number of para-hydroxylation sites is 1. The molecule has 2 heterocycles. The highest BCUT2D eigenvalue weighted by atomic mass is 16.2. The zero-order valence-corrected chi connectivity index (χ0v) is 15.7. The molecule has 0 aliphatic rings. The molecule has 0 spiro atoms. The smallest absolute Gasteiger partial charge is 0.333 e. The minimum Gasteiger partial charge on any atom is -0.340 e. The van der Waals surface area contributed by atoms with Crippen LogP contribution in [-0.4, -0.2) is 14.1 Å². The lowest BCUT2D eigenvalue weighted by atomic mass is 10.2. The fraction of sp³-hybridized carbons (Fsp3) is 0.0833. The molecule has 0 amide bonds. The van der Waals surface area contributed by atoms with Gasteiger partial charge in [0.25, 0.3) is 5.56 Å². The average Bonchev–Trinajstić information content (AvgIpc) is 3.15. The number of hydrogen-bond donors (Lipinski definition) is 1. The number of fused-ring (bicyclic) bond motifs is 3. The molecule has 5 heteroatoms. The van der Waals surface area contributed by atoms with Crippen molar-refractivity contribution in [1.29, 1.82) is 0 Å². The van der Waals surface area contributed by atoms with Crippen molar-refractivity contribution in [2.45, 2.75) is 13.1 Å². The Kier molecular flexibility index (Phi) is 4.13. The van der Waals surface area contributed by atoms with Crippen molar-refractivity contribution in [3.8, 4) is 0 Å². The number of benzene rings is 3. The monoisotopic (exact) mass is 381 g/mol. The van der Waals surface area contributed by atoms with E-state index in [2.05, 4.69) is 4.98 Å². The molecule has 0 aliphatic heterocycles. The van der Waals surface area contributed by atoms with Crippen molar-refractivity contribution in [2.24, 2.45) is 0 Å². The Labute approximate surface area is 166 Å². The van der Waals surface area contributed by atoms with Gasteiger partial charge in [0, 0.05) is 10.9 Å². The van der Waals surface area contributed by atoms with Gasteiger partial charge in [-0.25, -0.2) is 4.79 Å². The molecule has 1 N–H and O–H groups in total. The van der Waals surface area contributed by atoms with Gasteiger partial charge in [-0.05, 0) is 17.2 Å². The number of nitrogens with zero attached hydrogens (tertiary/aromatic N) is 2. The first-order valence-electron chi connectivity index (χ1n) is 9.54. The van der Waals surface area contributed by atoms with Crippen LogP contribution in [0.5, 0.6) is 0 Å². The lowest BCUT2D eigenvalue weighted by Gasteiger charge is -2.12. The topological polar surface area (TPSA) is 59.8 Å². The van der Waals surface area contributed by atoms with Crippen molar-refractivity contribution in [3.05, 3.63) is 117 Å². The summed E-state index contributed by atoms with van der Waals surface area (Å²) in [6.07, 6.45) is 0. The summed E-state index contributed by atoms with van der Waals surface area (Å²) in [5.74, 6) is 0. The molecular formula is C24H19N3O2. The Morgan fingerprint density at radius 1 is 0.655 bits per heavy atom. The Morgan fingerprint density at radius 3 is 1.86 bits per heavy atom. The zero-order valence-electron chi connectivity index (χ0n) is 15.7. The van der Waals surface area contributed by atoms with E-state index >= 15 is 0 Å². The molecule has 0 saturated carbocycles. The maximum absolute atomic E-state index is 13.4. The van der Waals surface area contributed by atoms with Crippen LogP contribution in [0.3, 0.4) is 0 Å². The molecule has 142 valence electrons. The van der Waals surface area contributed by atoms with Crippen molar-refractivity contribution in [1.82, 2.24) is 14.1 Å². The molecule has 0 saturated heterocycles. The lowest BCUT2D eigenvalue weighted by Crippen LogP contribution is -2.40. The van der Waals surface area contributed by atoms with E-state index in [0.717, 1.165) is 22.0 Å². The summed E-state index contributed by atoms with van der Waals surface area (Å²) in [7, 11) is 0. The molecule has 0 bridgehead atoms. The van der Waals surface area contributed by atoms with Crippen LogP contribution in [-0.2, 0) is 13.1 Å². The third-order valence-corrected chi connectivity index (χ3v) is 5.24. The first kappa shape index (κ1) is 17.3. The van der Waals surface area contributed by atoms with Crippen LogP contribution in [0.2, 0.25) is 0 Å². The molecular weight excluding hydrogens is 362 g/mol. The molecule has 3 aromatic carbocycles. The first-order valence-corrected chi connectivity index (χ1v) is 9.54. The average molecular weight is 381 g/mol. The highest BCUT2D eigenvalue weighted by molar-refractivity contribution is 6.05. The third-order valence-electron chi connectivity index (χ3n) is 5.24. The van der Waals surface area contributed by atoms with Gasteiger partial charge in [0.15, 0.2) is 0 Å². The van der Waals surface area contributed by atoms with E-state index < -0.39 is 0 Å². The van der Waals surface area contributed by atoms with Gasteiger partial charge in [-0.1, -0.05) is 78.9 Å². The van der Waals surface area contributed by atoms with Gasteiger partial charge >= 0.3 is 5.69 Å². The standard InChI is InChI=1S/C24H19N3O2/c28-23-21-19-13-7-8-14-20(19)25-22(21)26(15-17-9-3-1-4-10-17)24(29)27(23)16-18-11-5-2-6-12-18/h1-14,25H,15-16H2. The van der Waals surface area contributed by atoms with Crippen molar-refractivity contribution < 1.29 is 0 Å². The van der Waals surface area contributed by atoms with Crippen molar-refractivity contribution in [3.63, 3.8) is 0 Å². The minimum absolute atomic E-state index is 0.239. The minimum atomic E-state index is -0.318. The summed E-state index contributed by atoms with van der Waals surface area (Å²) in [6, 6.07) is 27.0. The number of H-pyrrole nitrogens is 1. The highest BCUT2D eigenvalue weighted by Crippen LogP contribution is 2.22. The number of hydrogen-bond acceptors (Lipinski definition) is 2. The number of nitrogens with one attached hydrogen (secondary N) is 1. The summed E-state index contributed by atoms with van der Waals surface area (Å²) in [4.78, 5) is 30.0. The Hall–Kier alpha value is -3.86. The summed E-state index contributed by atoms with van der Waals surface area (Å²) in [5, 5.41) is 1.38. The third kappa shape index (κ3) is 2.97. The van der Waals surface area contributed by atoms with Gasteiger partial charge in [-0.3, -0.25) is 13.9 Å². The van der Waals surface area contributed by atoms with E-state index in [4.69, 9.17) is 0 Å². The second kappa shape index (κ2) is 6.95. The fourth-order valence-electron chi connectivity index (χ4n) is 3.83. The Morgan fingerprint density at radius 2 is 1.21 bits per heavy atom. The molecule has 0 radical (unpaired) electrons. The normalized spacial score (nSPS) is 11.3. The van der Waals surface area contributed by atoms with Crippen LogP contribution in [0.4, 0.5) is 0 Å². The number of aromatic nitrogens is 3. The van der Waals surface area contributed by atoms with E-state index in [1.807, 2.05) is 84.9 Å². The maximum Gasteiger partial charge on any atom is 0.333 e. The summed E-state index contributed by atoms with van der Waals surface area (Å²) >= 11 is 0. The molecule has 5 rings (SSSR count). The van der Waals surface area contributed by atoms with Crippen LogP contribution < -0.4 is 11.2 Å². The summed E-state index contributed by atoms with van der Waals surface area (Å²) < 4.78 is 3.00. The van der Waals surface area contributed by atoms with Gasteiger partial charge in [-0.15, -0.1) is 0 Å². The lowest BCUT2D eigenvalue weighted by molar-refractivity contribution is 0.632. The molecule has 0 fully saturated rings. The first-order chi connectivity index (χ1) is 14.2. The van der Waals surface area contributed by atoms with Gasteiger partial charge in [0.2, 0.25) is 0 Å². The van der Waals surface area contributed by atoms with E-state index in [0.29, 0.717) is 17.6 Å². The molecule has 2 aromatic heterocycles. The molecule has 5 aromatic rings. The molecule has 5 nitrogen and oxygen atoms in total. The molecule has 29 heavy (non-hydrogen) atoms. The van der Waals surface area contributed by atoms with E-state index in [9.17, 15) is 9.59 Å². The fourth-order valence-corrected chi connectivity index (χ4v) is 3.83. The van der Waals surface area contributed by atoms with Crippen molar-refractivity contribution >= 4 is 21.9 Å².